The van der Waals surface area contributed by atoms with Crippen LogP contribution in [0.15, 0.2) is 12.3 Å². The first-order chi connectivity index (χ1) is 7.92. The van der Waals surface area contributed by atoms with Gasteiger partial charge in [0, 0.05) is 25.2 Å². The standard InChI is InChI=1S/C12H21N3O2/c1-4-9(2)15-6-5-10(14-15)7-12(3,8-13)11(16)17/h5-6,9H,4,7-8,13H2,1-3H3,(H,16,17). The Morgan fingerprint density at radius 2 is 2.35 bits per heavy atom. The fourth-order valence-corrected chi connectivity index (χ4v) is 1.54. The van der Waals surface area contributed by atoms with E-state index in [1.54, 1.807) is 6.92 Å². The number of carboxylic acids is 1. The minimum atomic E-state index is -0.936. The normalized spacial score (nSPS) is 16.5. The van der Waals surface area contributed by atoms with E-state index in [0.717, 1.165) is 12.1 Å². The highest BCUT2D eigenvalue weighted by atomic mass is 16.4. The fraction of sp³-hybridized carbons (Fsp3) is 0.667. The average Bonchev–Trinajstić information content (AvgIpc) is 2.75. The number of hydrogen-bond donors (Lipinski definition) is 2. The molecule has 2 atom stereocenters. The number of rotatable bonds is 6. The lowest BCUT2D eigenvalue weighted by Crippen LogP contribution is -2.37. The Labute approximate surface area is 102 Å². The molecule has 2 unspecified atom stereocenters. The van der Waals surface area contributed by atoms with Crippen molar-refractivity contribution in [2.24, 2.45) is 11.1 Å². The minimum Gasteiger partial charge on any atom is -0.481 e. The molecule has 1 aromatic rings. The maximum absolute atomic E-state index is 11.1. The van der Waals surface area contributed by atoms with Gasteiger partial charge in [-0.2, -0.15) is 5.10 Å². The number of aliphatic carboxylic acids is 1. The van der Waals surface area contributed by atoms with Crippen LogP contribution < -0.4 is 5.73 Å². The predicted molar refractivity (Wildman–Crippen MR) is 65.7 cm³/mol. The summed E-state index contributed by atoms with van der Waals surface area (Å²) in [6.45, 7) is 5.93. The van der Waals surface area contributed by atoms with Crippen LogP contribution in [0, 0.1) is 5.41 Å². The van der Waals surface area contributed by atoms with E-state index in [-0.39, 0.29) is 6.54 Å². The van der Waals surface area contributed by atoms with Crippen LogP contribution in [0.5, 0.6) is 0 Å². The summed E-state index contributed by atoms with van der Waals surface area (Å²) in [7, 11) is 0. The van der Waals surface area contributed by atoms with Crippen LogP contribution in [-0.2, 0) is 11.2 Å². The zero-order valence-electron chi connectivity index (χ0n) is 10.7. The van der Waals surface area contributed by atoms with Crippen molar-refractivity contribution in [3.05, 3.63) is 18.0 Å². The van der Waals surface area contributed by atoms with Gasteiger partial charge >= 0.3 is 5.97 Å². The van der Waals surface area contributed by atoms with Gasteiger partial charge in [0.1, 0.15) is 0 Å². The zero-order chi connectivity index (χ0) is 13.1. The number of hydrogen-bond acceptors (Lipinski definition) is 3. The average molecular weight is 239 g/mol. The van der Waals surface area contributed by atoms with Gasteiger partial charge in [0.25, 0.3) is 0 Å². The molecule has 1 rings (SSSR count). The van der Waals surface area contributed by atoms with Crippen molar-refractivity contribution in [3.63, 3.8) is 0 Å². The lowest BCUT2D eigenvalue weighted by molar-refractivity contribution is -0.147. The van der Waals surface area contributed by atoms with E-state index in [2.05, 4.69) is 18.9 Å². The number of nitrogens with two attached hydrogens (primary N) is 1. The van der Waals surface area contributed by atoms with Crippen molar-refractivity contribution in [2.45, 2.75) is 39.7 Å². The van der Waals surface area contributed by atoms with E-state index in [9.17, 15) is 4.79 Å². The summed E-state index contributed by atoms with van der Waals surface area (Å²) in [5.74, 6) is -0.877. The van der Waals surface area contributed by atoms with E-state index in [4.69, 9.17) is 10.8 Å². The van der Waals surface area contributed by atoms with E-state index in [0.29, 0.717) is 12.5 Å². The lowest BCUT2D eigenvalue weighted by Gasteiger charge is -2.21. The van der Waals surface area contributed by atoms with Crippen molar-refractivity contribution >= 4 is 5.97 Å². The van der Waals surface area contributed by atoms with E-state index in [1.165, 1.54) is 0 Å². The van der Waals surface area contributed by atoms with E-state index >= 15 is 0 Å². The summed E-state index contributed by atoms with van der Waals surface area (Å²) in [6, 6.07) is 2.20. The molecule has 0 amide bonds. The Kier molecular flexibility index (Phi) is 4.28. The maximum atomic E-state index is 11.1. The second-order valence-corrected chi connectivity index (χ2v) is 4.79. The largest absolute Gasteiger partial charge is 0.481 e. The molecule has 1 aromatic heterocycles. The molecule has 0 spiro atoms. The summed E-state index contributed by atoms with van der Waals surface area (Å²) in [5, 5.41) is 13.5. The molecular formula is C12H21N3O2. The topological polar surface area (TPSA) is 81.1 Å². The van der Waals surface area contributed by atoms with Crippen molar-refractivity contribution < 1.29 is 9.90 Å². The molecule has 0 aliphatic heterocycles. The van der Waals surface area contributed by atoms with Crippen molar-refractivity contribution in [1.82, 2.24) is 9.78 Å². The third-order valence-corrected chi connectivity index (χ3v) is 3.24. The van der Waals surface area contributed by atoms with E-state index < -0.39 is 11.4 Å². The molecule has 0 aliphatic rings. The molecule has 0 bridgehead atoms. The highest BCUT2D eigenvalue weighted by Crippen LogP contribution is 2.21. The van der Waals surface area contributed by atoms with Gasteiger partial charge in [0.2, 0.25) is 0 Å². The van der Waals surface area contributed by atoms with E-state index in [1.807, 2.05) is 16.9 Å². The van der Waals surface area contributed by atoms with Crippen LogP contribution in [-0.4, -0.2) is 27.4 Å². The molecule has 96 valence electrons. The monoisotopic (exact) mass is 239 g/mol. The van der Waals surface area contributed by atoms with Gasteiger partial charge in [-0.15, -0.1) is 0 Å². The first-order valence-electron chi connectivity index (χ1n) is 5.90. The van der Waals surface area contributed by atoms with Crippen LogP contribution >= 0.6 is 0 Å². The smallest absolute Gasteiger partial charge is 0.311 e. The molecule has 0 aliphatic carbocycles. The predicted octanol–water partition coefficient (Wildman–Crippen LogP) is 1.45. The van der Waals surface area contributed by atoms with Crippen LogP contribution in [0.25, 0.3) is 0 Å². The quantitative estimate of drug-likeness (QED) is 0.787. The van der Waals surface area contributed by atoms with Crippen LogP contribution in [0.3, 0.4) is 0 Å². The van der Waals surface area contributed by atoms with Crippen LogP contribution in [0.1, 0.15) is 38.9 Å². The Balaban J connectivity index is 2.81. The number of carboxylic acid groups (broad SMARTS) is 1. The van der Waals surface area contributed by atoms with Crippen LogP contribution in [0.4, 0.5) is 0 Å². The Hall–Kier alpha value is -1.36. The molecule has 5 nitrogen and oxygen atoms in total. The first-order valence-corrected chi connectivity index (χ1v) is 5.90. The molecule has 3 N–H and O–H groups in total. The van der Waals surface area contributed by atoms with Gasteiger partial charge in [-0.25, -0.2) is 0 Å². The fourth-order valence-electron chi connectivity index (χ4n) is 1.54. The van der Waals surface area contributed by atoms with Gasteiger partial charge < -0.3 is 10.8 Å². The number of aromatic nitrogens is 2. The minimum absolute atomic E-state index is 0.110. The van der Waals surface area contributed by atoms with Gasteiger partial charge in [0.15, 0.2) is 0 Å². The SMILES string of the molecule is CCC(C)n1ccc(CC(C)(CN)C(=O)O)n1. The summed E-state index contributed by atoms with van der Waals surface area (Å²) in [6.07, 6.45) is 3.25. The molecular weight excluding hydrogens is 218 g/mol. The molecule has 1 heterocycles. The maximum Gasteiger partial charge on any atom is 0.311 e. The summed E-state index contributed by atoms with van der Waals surface area (Å²) >= 11 is 0. The van der Waals surface area contributed by atoms with Gasteiger partial charge in [-0.05, 0) is 26.3 Å². The highest BCUT2D eigenvalue weighted by Gasteiger charge is 2.32. The molecule has 5 heteroatoms. The summed E-state index contributed by atoms with van der Waals surface area (Å²) in [5.41, 5.74) is 5.38. The highest BCUT2D eigenvalue weighted by molar-refractivity contribution is 5.74. The third kappa shape index (κ3) is 3.06. The molecule has 0 aromatic carbocycles. The van der Waals surface area contributed by atoms with Gasteiger partial charge in [0.05, 0.1) is 11.1 Å². The first kappa shape index (κ1) is 13.7. The van der Waals surface area contributed by atoms with Crippen molar-refractivity contribution in [1.29, 1.82) is 0 Å². The molecule has 0 radical (unpaired) electrons. The molecule has 17 heavy (non-hydrogen) atoms. The zero-order valence-corrected chi connectivity index (χ0v) is 10.7. The lowest BCUT2D eigenvalue weighted by atomic mass is 9.86. The summed E-state index contributed by atoms with van der Waals surface area (Å²) < 4.78 is 1.87. The molecule has 0 saturated carbocycles. The van der Waals surface area contributed by atoms with Crippen molar-refractivity contribution in [3.8, 4) is 0 Å². The van der Waals surface area contributed by atoms with Gasteiger partial charge in [-0.3, -0.25) is 9.48 Å². The molecule has 0 saturated heterocycles. The second kappa shape index (κ2) is 5.31. The Morgan fingerprint density at radius 1 is 1.71 bits per heavy atom. The number of nitrogens with zero attached hydrogens (tertiary/aromatic N) is 2. The Morgan fingerprint density at radius 3 is 2.82 bits per heavy atom. The van der Waals surface area contributed by atoms with Crippen LogP contribution in [0.2, 0.25) is 0 Å². The second-order valence-electron chi connectivity index (χ2n) is 4.79. The number of carbonyl (C=O) groups is 1. The molecule has 0 fully saturated rings. The van der Waals surface area contributed by atoms with Crippen molar-refractivity contribution in [2.75, 3.05) is 6.54 Å². The third-order valence-electron chi connectivity index (χ3n) is 3.24. The summed E-state index contributed by atoms with van der Waals surface area (Å²) in [4.78, 5) is 11.1. The van der Waals surface area contributed by atoms with Gasteiger partial charge in [-0.1, -0.05) is 6.92 Å². The Bertz CT molecular complexity index is 389.